The monoisotopic (exact) mass is 296 g/mol. The number of fused-ring (bicyclic) bond motifs is 1. The van der Waals surface area contributed by atoms with Gasteiger partial charge in [0.15, 0.2) is 0 Å². The van der Waals surface area contributed by atoms with Crippen molar-refractivity contribution < 1.29 is 4.79 Å². The number of benzene rings is 1. The van der Waals surface area contributed by atoms with E-state index in [1.807, 2.05) is 35.2 Å². The molecule has 1 aromatic carbocycles. The lowest BCUT2D eigenvalue weighted by molar-refractivity contribution is -0.133. The van der Waals surface area contributed by atoms with Crippen LogP contribution in [0.2, 0.25) is 0 Å². The molecule has 1 aliphatic heterocycles. The number of rotatable bonds is 3. The SMILES string of the molecule is O=C(Cn1nnc2ccccc21)N1CCC[C@H]1c1ccn[nH]1. The predicted octanol–water partition coefficient (Wildman–Crippen LogP) is 1.52. The first-order valence-corrected chi connectivity index (χ1v) is 7.40. The number of nitrogens with zero attached hydrogens (tertiary/aromatic N) is 5. The lowest BCUT2D eigenvalue weighted by Crippen LogP contribution is -2.33. The topological polar surface area (TPSA) is 79.7 Å². The molecule has 0 spiro atoms. The van der Waals surface area contributed by atoms with E-state index in [9.17, 15) is 4.79 Å². The van der Waals surface area contributed by atoms with Crippen molar-refractivity contribution in [1.29, 1.82) is 0 Å². The molecule has 0 bridgehead atoms. The van der Waals surface area contributed by atoms with Gasteiger partial charge >= 0.3 is 0 Å². The molecule has 0 saturated carbocycles. The van der Waals surface area contributed by atoms with E-state index in [0.29, 0.717) is 0 Å². The first kappa shape index (κ1) is 13.0. The Kier molecular flexibility index (Phi) is 3.10. The Balaban J connectivity index is 1.57. The molecule has 1 N–H and O–H groups in total. The highest BCUT2D eigenvalue weighted by Crippen LogP contribution is 2.30. The van der Waals surface area contributed by atoms with Crippen LogP contribution in [0.25, 0.3) is 11.0 Å². The molecule has 1 saturated heterocycles. The lowest BCUT2D eigenvalue weighted by atomic mass is 10.1. The number of aromatic nitrogens is 5. The van der Waals surface area contributed by atoms with Crippen LogP contribution in [-0.2, 0) is 11.3 Å². The second-order valence-corrected chi connectivity index (χ2v) is 5.49. The molecule has 22 heavy (non-hydrogen) atoms. The fraction of sp³-hybridized carbons (Fsp3) is 0.333. The van der Waals surface area contributed by atoms with Gasteiger partial charge in [-0.3, -0.25) is 9.89 Å². The smallest absolute Gasteiger partial charge is 0.244 e. The number of carbonyl (C=O) groups is 1. The maximum Gasteiger partial charge on any atom is 0.244 e. The van der Waals surface area contributed by atoms with Gasteiger partial charge < -0.3 is 4.90 Å². The molecule has 0 radical (unpaired) electrons. The third-order valence-corrected chi connectivity index (χ3v) is 4.16. The number of hydrogen-bond donors (Lipinski definition) is 1. The van der Waals surface area contributed by atoms with Crippen LogP contribution in [0.3, 0.4) is 0 Å². The van der Waals surface area contributed by atoms with Crippen molar-refractivity contribution in [2.24, 2.45) is 0 Å². The Labute approximate surface area is 126 Å². The van der Waals surface area contributed by atoms with Crippen LogP contribution in [-0.4, -0.2) is 42.5 Å². The summed E-state index contributed by atoms with van der Waals surface area (Å²) in [6.45, 7) is 0.986. The average Bonchev–Trinajstić information content (AvgIpc) is 3.27. The number of carbonyl (C=O) groups excluding carboxylic acids is 1. The minimum Gasteiger partial charge on any atom is -0.332 e. The van der Waals surface area contributed by atoms with Crippen LogP contribution in [0.5, 0.6) is 0 Å². The Morgan fingerprint density at radius 2 is 2.23 bits per heavy atom. The Hall–Kier alpha value is -2.70. The van der Waals surface area contributed by atoms with Gasteiger partial charge in [-0.05, 0) is 31.0 Å². The van der Waals surface area contributed by atoms with Crippen LogP contribution in [0, 0.1) is 0 Å². The summed E-state index contributed by atoms with van der Waals surface area (Å²) in [5.74, 6) is 0.0627. The minimum absolute atomic E-state index is 0.0627. The average molecular weight is 296 g/mol. The van der Waals surface area contributed by atoms with Crippen molar-refractivity contribution in [2.45, 2.75) is 25.4 Å². The largest absolute Gasteiger partial charge is 0.332 e. The molecule has 3 aromatic rings. The van der Waals surface area contributed by atoms with E-state index in [-0.39, 0.29) is 18.5 Å². The molecule has 7 nitrogen and oxygen atoms in total. The maximum atomic E-state index is 12.7. The predicted molar refractivity (Wildman–Crippen MR) is 79.8 cm³/mol. The number of H-pyrrole nitrogens is 1. The van der Waals surface area contributed by atoms with E-state index >= 15 is 0 Å². The number of amides is 1. The Morgan fingerprint density at radius 3 is 3.09 bits per heavy atom. The minimum atomic E-state index is 0.0627. The van der Waals surface area contributed by atoms with E-state index < -0.39 is 0 Å². The molecule has 0 aliphatic carbocycles. The number of aromatic amines is 1. The molecule has 1 fully saturated rings. The molecule has 1 atom stereocenters. The summed E-state index contributed by atoms with van der Waals surface area (Å²) in [6.07, 6.45) is 3.70. The zero-order chi connectivity index (χ0) is 14.9. The Bertz CT molecular complexity index is 793. The summed E-state index contributed by atoms with van der Waals surface area (Å²) in [6, 6.07) is 9.69. The van der Waals surface area contributed by atoms with E-state index in [4.69, 9.17) is 0 Å². The van der Waals surface area contributed by atoms with E-state index in [1.165, 1.54) is 0 Å². The molecule has 2 aromatic heterocycles. The number of para-hydroxylation sites is 1. The van der Waals surface area contributed by atoms with Crippen molar-refractivity contribution in [3.05, 3.63) is 42.2 Å². The van der Waals surface area contributed by atoms with Gasteiger partial charge in [0.25, 0.3) is 0 Å². The number of likely N-dealkylation sites (tertiary alicyclic amines) is 1. The molecule has 1 aliphatic rings. The summed E-state index contributed by atoms with van der Waals surface area (Å²) >= 11 is 0. The van der Waals surface area contributed by atoms with Crippen molar-refractivity contribution in [3.8, 4) is 0 Å². The first-order valence-electron chi connectivity index (χ1n) is 7.40. The molecule has 7 heteroatoms. The normalized spacial score (nSPS) is 18.2. The maximum absolute atomic E-state index is 12.7. The zero-order valence-electron chi connectivity index (χ0n) is 12.0. The van der Waals surface area contributed by atoms with Gasteiger partial charge in [0.05, 0.1) is 17.3 Å². The second-order valence-electron chi connectivity index (χ2n) is 5.49. The molecule has 1 amide bonds. The third-order valence-electron chi connectivity index (χ3n) is 4.16. The third kappa shape index (κ3) is 2.14. The quantitative estimate of drug-likeness (QED) is 0.794. The van der Waals surface area contributed by atoms with E-state index in [2.05, 4.69) is 20.5 Å². The molecule has 4 rings (SSSR count). The fourth-order valence-electron chi connectivity index (χ4n) is 3.09. The molecular weight excluding hydrogens is 280 g/mol. The van der Waals surface area contributed by atoms with Crippen LogP contribution in [0.4, 0.5) is 0 Å². The van der Waals surface area contributed by atoms with Crippen molar-refractivity contribution in [2.75, 3.05) is 6.54 Å². The van der Waals surface area contributed by atoms with Gasteiger partial charge in [-0.1, -0.05) is 17.3 Å². The molecular formula is C15H16N6O. The summed E-state index contributed by atoms with van der Waals surface area (Å²) in [4.78, 5) is 14.6. The Morgan fingerprint density at radius 1 is 1.32 bits per heavy atom. The highest BCUT2D eigenvalue weighted by Gasteiger charge is 2.31. The van der Waals surface area contributed by atoms with Crippen LogP contribution >= 0.6 is 0 Å². The summed E-state index contributed by atoms with van der Waals surface area (Å²) < 4.78 is 1.67. The van der Waals surface area contributed by atoms with Gasteiger partial charge in [-0.25, -0.2) is 4.68 Å². The number of nitrogens with one attached hydrogen (secondary N) is 1. The van der Waals surface area contributed by atoms with Crippen molar-refractivity contribution in [3.63, 3.8) is 0 Å². The first-order chi connectivity index (χ1) is 10.8. The van der Waals surface area contributed by atoms with Gasteiger partial charge in [0.1, 0.15) is 12.1 Å². The van der Waals surface area contributed by atoms with Gasteiger partial charge in [0.2, 0.25) is 5.91 Å². The van der Waals surface area contributed by atoms with E-state index in [1.54, 1.807) is 10.9 Å². The van der Waals surface area contributed by atoms with Gasteiger partial charge in [-0.15, -0.1) is 5.10 Å². The van der Waals surface area contributed by atoms with Crippen molar-refractivity contribution >= 4 is 16.9 Å². The van der Waals surface area contributed by atoms with Gasteiger partial charge in [0, 0.05) is 12.7 Å². The fourth-order valence-corrected chi connectivity index (χ4v) is 3.09. The van der Waals surface area contributed by atoms with Crippen LogP contribution in [0.15, 0.2) is 36.5 Å². The molecule has 112 valence electrons. The highest BCUT2D eigenvalue weighted by atomic mass is 16.2. The standard InChI is InChI=1S/C15H16N6O/c22-15(10-21-14-5-2-1-4-11(14)18-19-21)20-9-3-6-13(20)12-7-8-16-17-12/h1-2,4-5,7-8,13H,3,6,9-10H2,(H,16,17)/t13-/m0/s1. The number of hydrogen-bond acceptors (Lipinski definition) is 4. The highest BCUT2D eigenvalue weighted by molar-refractivity contribution is 5.80. The summed E-state index contributed by atoms with van der Waals surface area (Å²) in [7, 11) is 0. The van der Waals surface area contributed by atoms with Crippen LogP contribution < -0.4 is 0 Å². The lowest BCUT2D eigenvalue weighted by Gasteiger charge is -2.23. The summed E-state index contributed by atoms with van der Waals surface area (Å²) in [5.41, 5.74) is 2.68. The molecule has 3 heterocycles. The van der Waals surface area contributed by atoms with E-state index in [0.717, 1.165) is 36.1 Å². The molecule has 0 unspecified atom stereocenters. The second kappa shape index (κ2) is 5.25. The zero-order valence-corrected chi connectivity index (χ0v) is 12.0. The van der Waals surface area contributed by atoms with Gasteiger partial charge in [-0.2, -0.15) is 5.10 Å². The van der Waals surface area contributed by atoms with Crippen molar-refractivity contribution in [1.82, 2.24) is 30.1 Å². The van der Waals surface area contributed by atoms with Crippen LogP contribution in [0.1, 0.15) is 24.6 Å². The summed E-state index contributed by atoms with van der Waals surface area (Å²) in [5, 5.41) is 15.1.